The molecular weight excluding hydrogens is 521 g/mol. The number of alkyl halides is 1. The van der Waals surface area contributed by atoms with Crippen LogP contribution in [0.15, 0.2) is 34.4 Å². The first-order chi connectivity index (χ1) is 17.3. The van der Waals surface area contributed by atoms with E-state index in [0.29, 0.717) is 76.0 Å². The van der Waals surface area contributed by atoms with E-state index in [1.807, 2.05) is 18.9 Å². The number of hydrogen-bond donors (Lipinski definition) is 1. The Balaban J connectivity index is 0.00000380. The standard InChI is InChI=1S/C25H38FN5O4S.ClH/c1-4-10-30-17-21-23(27-25(32)24(21)28(3)18-30)20-16-19(7-8-22(20)35-5-2)36(33,34)31-14-12-29(13-15-31)11-6-9-26;/h7-8,16,23H,4-6,9-15,17-18H2,1-3H3,(H,27,32);1H. The van der Waals surface area contributed by atoms with Gasteiger partial charge in [-0.05, 0) is 50.1 Å². The number of nitrogens with one attached hydrogen (secondary N) is 1. The minimum absolute atomic E-state index is 0. The fourth-order valence-electron chi connectivity index (χ4n) is 5.37. The monoisotopic (exact) mass is 559 g/mol. The van der Waals surface area contributed by atoms with Gasteiger partial charge in [-0.15, -0.1) is 12.4 Å². The van der Waals surface area contributed by atoms with Crippen molar-refractivity contribution >= 4 is 28.3 Å². The highest BCUT2D eigenvalue weighted by Crippen LogP contribution is 2.39. The number of amides is 1. The number of benzene rings is 1. The fourth-order valence-corrected chi connectivity index (χ4v) is 6.83. The summed E-state index contributed by atoms with van der Waals surface area (Å²) >= 11 is 0. The van der Waals surface area contributed by atoms with Gasteiger partial charge in [0, 0.05) is 51.9 Å². The van der Waals surface area contributed by atoms with Crippen molar-refractivity contribution in [1.29, 1.82) is 0 Å². The molecule has 4 rings (SSSR count). The largest absolute Gasteiger partial charge is 0.494 e. The van der Waals surface area contributed by atoms with Gasteiger partial charge in [0.05, 0.1) is 30.9 Å². The van der Waals surface area contributed by atoms with E-state index < -0.39 is 16.1 Å². The Morgan fingerprint density at radius 2 is 1.84 bits per heavy atom. The molecule has 1 fully saturated rings. The molecule has 1 N–H and O–H groups in total. The van der Waals surface area contributed by atoms with Crippen LogP contribution in [0.4, 0.5) is 4.39 Å². The molecule has 1 aromatic rings. The highest BCUT2D eigenvalue weighted by atomic mass is 35.5. The Bertz CT molecular complexity index is 1090. The number of carbonyl (C=O) groups excluding carboxylic acids is 1. The number of rotatable bonds is 10. The van der Waals surface area contributed by atoms with E-state index in [1.165, 1.54) is 4.31 Å². The van der Waals surface area contributed by atoms with Gasteiger partial charge < -0.3 is 19.9 Å². The van der Waals surface area contributed by atoms with Crippen LogP contribution in [0.2, 0.25) is 0 Å². The van der Waals surface area contributed by atoms with Gasteiger partial charge in [0.1, 0.15) is 11.4 Å². The molecule has 0 bridgehead atoms. The van der Waals surface area contributed by atoms with Crippen molar-refractivity contribution in [1.82, 2.24) is 24.3 Å². The molecule has 1 unspecified atom stereocenters. The first-order valence-electron chi connectivity index (χ1n) is 12.8. The maximum Gasteiger partial charge on any atom is 0.268 e. The van der Waals surface area contributed by atoms with Crippen LogP contribution in [0.3, 0.4) is 0 Å². The van der Waals surface area contributed by atoms with Gasteiger partial charge in [0.2, 0.25) is 10.0 Å². The third-order valence-electron chi connectivity index (χ3n) is 7.04. The lowest BCUT2D eigenvalue weighted by Crippen LogP contribution is -2.48. The lowest BCUT2D eigenvalue weighted by Gasteiger charge is -2.35. The summed E-state index contributed by atoms with van der Waals surface area (Å²) in [6, 6.07) is 4.49. The number of halogens is 2. The van der Waals surface area contributed by atoms with Crippen LogP contribution in [-0.4, -0.2) is 106 Å². The zero-order chi connectivity index (χ0) is 25.9. The van der Waals surface area contributed by atoms with Crippen molar-refractivity contribution in [3.8, 4) is 5.75 Å². The molecule has 1 amide bonds. The van der Waals surface area contributed by atoms with Gasteiger partial charge in [-0.3, -0.25) is 14.1 Å². The van der Waals surface area contributed by atoms with Gasteiger partial charge in [-0.1, -0.05) is 6.92 Å². The Morgan fingerprint density at radius 1 is 1.11 bits per heavy atom. The number of nitrogens with zero attached hydrogens (tertiary/aromatic N) is 4. The van der Waals surface area contributed by atoms with Gasteiger partial charge in [-0.2, -0.15) is 4.31 Å². The average Bonchev–Trinajstić information content (AvgIpc) is 3.20. The zero-order valence-electron chi connectivity index (χ0n) is 21.9. The number of likely N-dealkylation sites (N-methyl/N-ethyl adjacent to an activating group) is 1. The summed E-state index contributed by atoms with van der Waals surface area (Å²) in [4.78, 5) is 19.5. The van der Waals surface area contributed by atoms with Crippen LogP contribution < -0.4 is 10.1 Å². The van der Waals surface area contributed by atoms with Gasteiger partial charge in [0.25, 0.3) is 5.91 Å². The molecule has 0 aliphatic carbocycles. The molecule has 1 aromatic carbocycles. The second-order valence-corrected chi connectivity index (χ2v) is 11.5. The molecule has 0 spiro atoms. The second-order valence-electron chi connectivity index (χ2n) is 9.59. The Hall–Kier alpha value is -1.92. The molecule has 0 saturated carbocycles. The topological polar surface area (TPSA) is 85.4 Å². The van der Waals surface area contributed by atoms with E-state index in [-0.39, 0.29) is 29.9 Å². The van der Waals surface area contributed by atoms with Crippen molar-refractivity contribution in [3.63, 3.8) is 0 Å². The number of sulfonamides is 1. The molecule has 3 heterocycles. The molecule has 1 saturated heterocycles. The summed E-state index contributed by atoms with van der Waals surface area (Å²) in [6.07, 6.45) is 1.46. The second kappa shape index (κ2) is 12.8. The van der Waals surface area contributed by atoms with Crippen LogP contribution >= 0.6 is 12.4 Å². The number of piperazine rings is 1. The fraction of sp³-hybridized carbons (Fsp3) is 0.640. The van der Waals surface area contributed by atoms with E-state index in [4.69, 9.17) is 4.74 Å². The Morgan fingerprint density at radius 3 is 2.49 bits per heavy atom. The number of carbonyl (C=O) groups is 1. The van der Waals surface area contributed by atoms with E-state index in [2.05, 4.69) is 22.0 Å². The highest BCUT2D eigenvalue weighted by Gasteiger charge is 2.40. The first-order valence-corrected chi connectivity index (χ1v) is 14.3. The Labute approximate surface area is 226 Å². The van der Waals surface area contributed by atoms with Crippen molar-refractivity contribution in [2.75, 3.05) is 72.8 Å². The smallest absolute Gasteiger partial charge is 0.268 e. The van der Waals surface area contributed by atoms with Crippen LogP contribution in [0, 0.1) is 0 Å². The molecule has 208 valence electrons. The van der Waals surface area contributed by atoms with E-state index in [9.17, 15) is 17.6 Å². The average molecular weight is 560 g/mol. The first kappa shape index (κ1) is 29.6. The van der Waals surface area contributed by atoms with Gasteiger partial charge >= 0.3 is 0 Å². The van der Waals surface area contributed by atoms with Gasteiger partial charge in [0.15, 0.2) is 0 Å². The molecule has 1 atom stereocenters. The number of hydrogen-bond acceptors (Lipinski definition) is 7. The molecule has 9 nitrogen and oxygen atoms in total. The summed E-state index contributed by atoms with van der Waals surface area (Å²) in [7, 11) is -1.82. The maximum atomic E-state index is 13.6. The normalized spacial score (nSPS) is 21.6. The maximum absolute atomic E-state index is 13.6. The zero-order valence-corrected chi connectivity index (χ0v) is 23.5. The highest BCUT2D eigenvalue weighted by molar-refractivity contribution is 7.89. The van der Waals surface area contributed by atoms with Gasteiger partial charge in [-0.25, -0.2) is 8.42 Å². The third kappa shape index (κ3) is 6.22. The van der Waals surface area contributed by atoms with Crippen LogP contribution in [-0.2, 0) is 14.8 Å². The van der Waals surface area contributed by atoms with Crippen molar-refractivity contribution < 1.29 is 22.3 Å². The minimum Gasteiger partial charge on any atom is -0.494 e. The third-order valence-corrected chi connectivity index (χ3v) is 8.93. The molecule has 12 heteroatoms. The van der Waals surface area contributed by atoms with Crippen LogP contribution in [0.25, 0.3) is 0 Å². The number of ether oxygens (including phenoxy) is 1. The SMILES string of the molecule is CCCN1CC2=C(C(=O)NC2c2cc(S(=O)(=O)N3CCN(CCCF)CC3)ccc2OCC)N(C)C1.Cl. The summed E-state index contributed by atoms with van der Waals surface area (Å²) < 4.78 is 47.0. The van der Waals surface area contributed by atoms with E-state index in [0.717, 1.165) is 18.5 Å². The Kier molecular flexibility index (Phi) is 10.2. The summed E-state index contributed by atoms with van der Waals surface area (Å²) in [6.45, 7) is 8.82. The predicted molar refractivity (Wildman–Crippen MR) is 143 cm³/mol. The molecule has 0 aromatic heterocycles. The van der Waals surface area contributed by atoms with Crippen LogP contribution in [0.1, 0.15) is 38.3 Å². The molecule has 3 aliphatic heterocycles. The summed E-state index contributed by atoms with van der Waals surface area (Å²) in [5.74, 6) is 0.426. The molecule has 0 radical (unpaired) electrons. The molecular formula is C25H39ClFN5O4S. The van der Waals surface area contributed by atoms with E-state index in [1.54, 1.807) is 18.2 Å². The van der Waals surface area contributed by atoms with Crippen LogP contribution in [0.5, 0.6) is 5.75 Å². The van der Waals surface area contributed by atoms with Crippen molar-refractivity contribution in [2.24, 2.45) is 0 Å². The van der Waals surface area contributed by atoms with Crippen molar-refractivity contribution in [2.45, 2.75) is 37.6 Å². The lowest BCUT2D eigenvalue weighted by atomic mass is 9.97. The summed E-state index contributed by atoms with van der Waals surface area (Å²) in [5.41, 5.74) is 2.26. The van der Waals surface area contributed by atoms with Crippen molar-refractivity contribution in [3.05, 3.63) is 35.0 Å². The molecule has 37 heavy (non-hydrogen) atoms. The lowest BCUT2D eigenvalue weighted by molar-refractivity contribution is -0.118. The molecule has 3 aliphatic rings. The summed E-state index contributed by atoms with van der Waals surface area (Å²) in [5, 5.41) is 3.08. The quantitative estimate of drug-likeness (QED) is 0.470. The predicted octanol–water partition coefficient (Wildman–Crippen LogP) is 2.21. The minimum atomic E-state index is -3.74. The van der Waals surface area contributed by atoms with E-state index >= 15 is 0 Å².